The molecule has 2 aromatic heterocycles. The number of piperidine rings is 1. The lowest BCUT2D eigenvalue weighted by Gasteiger charge is -2.31. The molecule has 0 aromatic carbocycles. The van der Waals surface area contributed by atoms with E-state index in [4.69, 9.17) is 0 Å². The first-order valence-corrected chi connectivity index (χ1v) is 8.19. The molecule has 1 amide bonds. The predicted octanol–water partition coefficient (Wildman–Crippen LogP) is 3.53. The Kier molecular flexibility index (Phi) is 3.66. The minimum atomic E-state index is 0.174. The van der Waals surface area contributed by atoms with Crippen LogP contribution in [0.15, 0.2) is 23.7 Å². The fourth-order valence-electron chi connectivity index (χ4n) is 2.48. The molecule has 3 rings (SSSR count). The van der Waals surface area contributed by atoms with Crippen LogP contribution in [0.3, 0.4) is 0 Å². The zero-order valence-electron chi connectivity index (χ0n) is 10.8. The van der Waals surface area contributed by atoms with Crippen molar-refractivity contribution in [2.45, 2.75) is 25.7 Å². The monoisotopic (exact) mass is 292 g/mol. The molecule has 3 nitrogen and oxygen atoms in total. The summed E-state index contributed by atoms with van der Waals surface area (Å²) in [5.41, 5.74) is 0. The molecule has 1 aliphatic heterocycles. The smallest absolute Gasteiger partial charge is 0.263 e. The van der Waals surface area contributed by atoms with Crippen molar-refractivity contribution in [2.24, 2.45) is 0 Å². The van der Waals surface area contributed by atoms with Crippen LogP contribution in [0.25, 0.3) is 0 Å². The van der Waals surface area contributed by atoms with Crippen LogP contribution in [0.2, 0.25) is 0 Å². The number of thiophene rings is 1. The summed E-state index contributed by atoms with van der Waals surface area (Å²) >= 11 is 3.28. The van der Waals surface area contributed by atoms with Crippen molar-refractivity contribution in [3.05, 3.63) is 38.5 Å². The van der Waals surface area contributed by atoms with Gasteiger partial charge in [-0.05, 0) is 31.2 Å². The van der Waals surface area contributed by atoms with Crippen LogP contribution in [0.4, 0.5) is 0 Å². The Hall–Kier alpha value is -1.20. The van der Waals surface area contributed by atoms with Crippen molar-refractivity contribution in [3.8, 4) is 0 Å². The summed E-state index contributed by atoms with van der Waals surface area (Å²) in [5.74, 6) is 0.587. The summed E-state index contributed by atoms with van der Waals surface area (Å²) in [6.07, 6.45) is 4.14. The van der Waals surface area contributed by atoms with Crippen LogP contribution in [0.1, 0.15) is 38.3 Å². The van der Waals surface area contributed by atoms with Gasteiger partial charge in [0.2, 0.25) is 0 Å². The summed E-state index contributed by atoms with van der Waals surface area (Å²) in [6.45, 7) is 3.76. The average molecular weight is 292 g/mol. The van der Waals surface area contributed by atoms with Crippen LogP contribution >= 0.6 is 22.7 Å². The lowest BCUT2D eigenvalue weighted by atomic mass is 9.98. The van der Waals surface area contributed by atoms with E-state index in [1.807, 2.05) is 28.6 Å². The highest BCUT2D eigenvalue weighted by Gasteiger charge is 2.27. The summed E-state index contributed by atoms with van der Waals surface area (Å²) in [4.78, 5) is 20.9. The van der Waals surface area contributed by atoms with E-state index in [2.05, 4.69) is 11.9 Å². The van der Waals surface area contributed by atoms with E-state index in [0.717, 1.165) is 30.8 Å². The van der Waals surface area contributed by atoms with Crippen LogP contribution < -0.4 is 0 Å². The van der Waals surface area contributed by atoms with Crippen molar-refractivity contribution >= 4 is 28.6 Å². The molecular formula is C14H16N2OS2. The van der Waals surface area contributed by atoms with Gasteiger partial charge in [0.25, 0.3) is 5.91 Å². The van der Waals surface area contributed by atoms with Crippen molar-refractivity contribution in [1.82, 2.24) is 9.88 Å². The van der Waals surface area contributed by atoms with E-state index >= 15 is 0 Å². The number of hydrogen-bond donors (Lipinski definition) is 0. The normalized spacial score (nSPS) is 19.6. The van der Waals surface area contributed by atoms with Gasteiger partial charge in [-0.2, -0.15) is 0 Å². The third kappa shape index (κ3) is 2.72. The second-order valence-corrected chi connectivity index (χ2v) is 7.09. The Morgan fingerprint density at radius 3 is 3.11 bits per heavy atom. The van der Waals surface area contributed by atoms with E-state index in [0.29, 0.717) is 5.92 Å². The van der Waals surface area contributed by atoms with Crippen molar-refractivity contribution < 1.29 is 4.79 Å². The van der Waals surface area contributed by atoms with Gasteiger partial charge in [0.15, 0.2) is 0 Å². The Morgan fingerprint density at radius 2 is 2.42 bits per heavy atom. The highest BCUT2D eigenvalue weighted by Crippen LogP contribution is 2.30. The lowest BCUT2D eigenvalue weighted by Crippen LogP contribution is -2.38. The standard InChI is InChI=1S/C14H16N2OS2/c1-10-8-15-13(19-10)11-4-2-6-16(9-11)14(17)12-5-3-7-18-12/h3,5,7-8,11H,2,4,6,9H2,1H3/t11-/m0/s1. The Morgan fingerprint density at radius 1 is 1.53 bits per heavy atom. The van der Waals surface area contributed by atoms with Gasteiger partial charge < -0.3 is 4.90 Å². The number of carbonyl (C=O) groups excluding carboxylic acids is 1. The van der Waals surface area contributed by atoms with E-state index in [1.54, 1.807) is 11.3 Å². The Bertz CT molecular complexity index is 562. The number of aryl methyl sites for hydroxylation is 1. The van der Waals surface area contributed by atoms with Gasteiger partial charge in [0.1, 0.15) is 0 Å². The van der Waals surface area contributed by atoms with E-state index < -0.39 is 0 Å². The highest BCUT2D eigenvalue weighted by atomic mass is 32.1. The van der Waals surface area contributed by atoms with E-state index in [9.17, 15) is 4.79 Å². The van der Waals surface area contributed by atoms with Gasteiger partial charge in [0.05, 0.1) is 9.88 Å². The lowest BCUT2D eigenvalue weighted by molar-refractivity contribution is 0.0712. The van der Waals surface area contributed by atoms with Crippen LogP contribution in [-0.4, -0.2) is 28.9 Å². The van der Waals surface area contributed by atoms with Crippen LogP contribution in [0, 0.1) is 6.92 Å². The maximum Gasteiger partial charge on any atom is 0.263 e. The molecule has 0 N–H and O–H groups in total. The molecule has 19 heavy (non-hydrogen) atoms. The van der Waals surface area contributed by atoms with E-state index in [-0.39, 0.29) is 5.91 Å². The zero-order valence-corrected chi connectivity index (χ0v) is 12.5. The molecule has 2 aromatic rings. The number of carbonyl (C=O) groups is 1. The molecule has 0 spiro atoms. The molecular weight excluding hydrogens is 276 g/mol. The second kappa shape index (κ2) is 5.43. The maximum absolute atomic E-state index is 12.4. The zero-order chi connectivity index (χ0) is 13.2. The maximum atomic E-state index is 12.4. The summed E-state index contributed by atoms with van der Waals surface area (Å²) in [6, 6.07) is 3.84. The first-order chi connectivity index (χ1) is 9.24. The van der Waals surface area contributed by atoms with E-state index in [1.165, 1.54) is 21.2 Å². The molecule has 1 saturated heterocycles. The van der Waals surface area contributed by atoms with Crippen molar-refractivity contribution in [3.63, 3.8) is 0 Å². The predicted molar refractivity (Wildman–Crippen MR) is 79.0 cm³/mol. The van der Waals surface area contributed by atoms with Crippen molar-refractivity contribution in [1.29, 1.82) is 0 Å². The summed E-state index contributed by atoms with van der Waals surface area (Å²) < 4.78 is 0. The number of hydrogen-bond acceptors (Lipinski definition) is 4. The molecule has 0 unspecified atom stereocenters. The fourth-order valence-corrected chi connectivity index (χ4v) is 4.07. The number of aromatic nitrogens is 1. The fraction of sp³-hybridized carbons (Fsp3) is 0.429. The molecule has 0 aliphatic carbocycles. The number of thiazole rings is 1. The van der Waals surface area contributed by atoms with Gasteiger partial charge in [-0.3, -0.25) is 4.79 Å². The number of amides is 1. The Labute approximate surface area is 120 Å². The SMILES string of the molecule is Cc1cnc([C@H]2CCCN(C(=O)c3cccs3)C2)s1. The average Bonchev–Trinajstić information content (AvgIpc) is 3.09. The van der Waals surface area contributed by atoms with Crippen LogP contribution in [0.5, 0.6) is 0 Å². The molecule has 0 saturated carbocycles. The van der Waals surface area contributed by atoms with Gasteiger partial charge in [-0.15, -0.1) is 22.7 Å². The Balaban J connectivity index is 1.73. The molecule has 1 fully saturated rings. The molecule has 100 valence electrons. The molecule has 0 bridgehead atoms. The van der Waals surface area contributed by atoms with Crippen LogP contribution in [-0.2, 0) is 0 Å². The topological polar surface area (TPSA) is 33.2 Å². The molecule has 1 aliphatic rings. The third-order valence-electron chi connectivity index (χ3n) is 3.43. The van der Waals surface area contributed by atoms with Gasteiger partial charge in [0, 0.05) is 30.1 Å². The minimum absolute atomic E-state index is 0.174. The third-order valence-corrected chi connectivity index (χ3v) is 5.36. The first-order valence-electron chi connectivity index (χ1n) is 6.49. The second-order valence-electron chi connectivity index (χ2n) is 4.88. The van der Waals surface area contributed by atoms with Gasteiger partial charge >= 0.3 is 0 Å². The van der Waals surface area contributed by atoms with Gasteiger partial charge in [-0.1, -0.05) is 6.07 Å². The highest BCUT2D eigenvalue weighted by molar-refractivity contribution is 7.12. The van der Waals surface area contributed by atoms with Crippen molar-refractivity contribution in [2.75, 3.05) is 13.1 Å². The summed E-state index contributed by atoms with van der Waals surface area (Å²) in [7, 11) is 0. The first kappa shape index (κ1) is 12.8. The number of nitrogens with zero attached hydrogens (tertiary/aromatic N) is 2. The molecule has 0 radical (unpaired) electrons. The minimum Gasteiger partial charge on any atom is -0.337 e. The van der Waals surface area contributed by atoms with Gasteiger partial charge in [-0.25, -0.2) is 4.98 Å². The number of rotatable bonds is 2. The molecule has 1 atom stereocenters. The largest absolute Gasteiger partial charge is 0.337 e. The summed E-state index contributed by atoms with van der Waals surface area (Å²) in [5, 5.41) is 3.14. The molecule has 3 heterocycles. The number of likely N-dealkylation sites (tertiary alicyclic amines) is 1. The quantitative estimate of drug-likeness (QED) is 0.848. The molecule has 5 heteroatoms.